The summed E-state index contributed by atoms with van der Waals surface area (Å²) in [6.07, 6.45) is 1.56. The van der Waals surface area contributed by atoms with E-state index in [2.05, 4.69) is 5.32 Å². The van der Waals surface area contributed by atoms with Crippen molar-refractivity contribution in [3.05, 3.63) is 0 Å². The van der Waals surface area contributed by atoms with Crippen LogP contribution in [0.1, 0.15) is 19.3 Å². The van der Waals surface area contributed by atoms with Crippen LogP contribution in [0.2, 0.25) is 0 Å². The van der Waals surface area contributed by atoms with E-state index in [-0.39, 0.29) is 0 Å². The van der Waals surface area contributed by atoms with Crippen LogP contribution in [0.4, 0.5) is 0 Å². The van der Waals surface area contributed by atoms with E-state index in [4.69, 9.17) is 22.3 Å². The molecule has 0 fully saturated rings. The van der Waals surface area contributed by atoms with E-state index in [0.29, 0.717) is 13.0 Å². The van der Waals surface area contributed by atoms with Gasteiger partial charge in [0.05, 0.1) is 0 Å². The molecule has 0 aliphatic carbocycles. The van der Waals surface area contributed by atoms with Crippen LogP contribution < -0.4 is 22.5 Å². The highest BCUT2D eigenvalue weighted by Gasteiger charge is 2.09. The predicted octanol–water partition coefficient (Wildman–Crippen LogP) is -1.64. The molecule has 6 heteroatoms. The average Bonchev–Trinajstić information content (AvgIpc) is 2.02. The Morgan fingerprint density at radius 1 is 1.31 bits per heavy atom. The summed E-state index contributed by atoms with van der Waals surface area (Å²) in [6, 6.07) is -0.758. The molecule has 0 bridgehead atoms. The SMILES string of the molecule is NC(N)NCCCCC(N)C(=O)O. The fraction of sp³-hybridized carbons (Fsp3) is 0.857. The highest BCUT2D eigenvalue weighted by molar-refractivity contribution is 5.72. The first-order valence-corrected chi connectivity index (χ1v) is 4.27. The molecule has 1 unspecified atom stereocenters. The van der Waals surface area contributed by atoms with Gasteiger partial charge in [0, 0.05) is 0 Å². The predicted molar refractivity (Wildman–Crippen MR) is 49.6 cm³/mol. The summed E-state index contributed by atoms with van der Waals surface area (Å²) < 4.78 is 0. The van der Waals surface area contributed by atoms with Crippen LogP contribution in [0.5, 0.6) is 0 Å². The smallest absolute Gasteiger partial charge is 0.320 e. The Bertz CT molecular complexity index is 151. The van der Waals surface area contributed by atoms with Gasteiger partial charge in [0.25, 0.3) is 0 Å². The van der Waals surface area contributed by atoms with Crippen molar-refractivity contribution in [2.75, 3.05) is 6.54 Å². The maximum absolute atomic E-state index is 10.3. The van der Waals surface area contributed by atoms with E-state index in [9.17, 15) is 4.79 Å². The van der Waals surface area contributed by atoms with Gasteiger partial charge in [-0.3, -0.25) is 10.1 Å². The first-order chi connectivity index (χ1) is 6.04. The van der Waals surface area contributed by atoms with Crippen LogP contribution in [0.25, 0.3) is 0 Å². The van der Waals surface area contributed by atoms with Gasteiger partial charge in [0.15, 0.2) is 0 Å². The van der Waals surface area contributed by atoms with Crippen molar-refractivity contribution in [1.82, 2.24) is 5.32 Å². The molecule has 0 rings (SSSR count). The Labute approximate surface area is 77.5 Å². The number of carboxylic acids is 1. The van der Waals surface area contributed by atoms with Crippen molar-refractivity contribution in [3.63, 3.8) is 0 Å². The molecule has 13 heavy (non-hydrogen) atoms. The standard InChI is InChI=1S/C7H18N4O2/c8-5(6(12)13)3-1-2-4-11-7(9)10/h5,7,11H,1-4,8-10H2,(H,12,13). The lowest BCUT2D eigenvalue weighted by Crippen LogP contribution is -2.45. The summed E-state index contributed by atoms with van der Waals surface area (Å²) in [5.41, 5.74) is 15.8. The minimum atomic E-state index is -0.955. The van der Waals surface area contributed by atoms with Crippen LogP contribution in [0.15, 0.2) is 0 Å². The minimum Gasteiger partial charge on any atom is -0.480 e. The van der Waals surface area contributed by atoms with Crippen molar-refractivity contribution < 1.29 is 9.90 Å². The molecular formula is C7H18N4O2. The third kappa shape index (κ3) is 7.66. The van der Waals surface area contributed by atoms with Gasteiger partial charge in [0.2, 0.25) is 0 Å². The number of rotatable bonds is 7. The molecule has 78 valence electrons. The number of hydrogen-bond acceptors (Lipinski definition) is 5. The van der Waals surface area contributed by atoms with Crippen LogP contribution in [-0.2, 0) is 4.79 Å². The number of carbonyl (C=O) groups is 1. The van der Waals surface area contributed by atoms with Crippen molar-refractivity contribution in [2.45, 2.75) is 31.6 Å². The van der Waals surface area contributed by atoms with Crippen LogP contribution >= 0.6 is 0 Å². The Hall–Kier alpha value is -0.690. The fourth-order valence-corrected chi connectivity index (χ4v) is 0.881. The van der Waals surface area contributed by atoms with E-state index in [0.717, 1.165) is 12.8 Å². The fourth-order valence-electron chi connectivity index (χ4n) is 0.881. The molecule has 0 aliphatic rings. The van der Waals surface area contributed by atoms with E-state index in [1.807, 2.05) is 0 Å². The maximum atomic E-state index is 10.3. The monoisotopic (exact) mass is 190 g/mol. The maximum Gasteiger partial charge on any atom is 0.320 e. The lowest BCUT2D eigenvalue weighted by molar-refractivity contribution is -0.138. The van der Waals surface area contributed by atoms with Crippen molar-refractivity contribution >= 4 is 5.97 Å². The number of carboxylic acid groups (broad SMARTS) is 1. The van der Waals surface area contributed by atoms with Gasteiger partial charge in [-0.15, -0.1) is 0 Å². The molecule has 0 aromatic carbocycles. The van der Waals surface area contributed by atoms with E-state index < -0.39 is 18.3 Å². The van der Waals surface area contributed by atoms with Gasteiger partial charge in [-0.05, 0) is 19.4 Å². The lowest BCUT2D eigenvalue weighted by atomic mass is 10.1. The second-order valence-corrected chi connectivity index (χ2v) is 2.92. The van der Waals surface area contributed by atoms with Crippen LogP contribution in [-0.4, -0.2) is 30.0 Å². The number of unbranched alkanes of at least 4 members (excludes halogenated alkanes) is 1. The highest BCUT2D eigenvalue weighted by atomic mass is 16.4. The molecule has 8 N–H and O–H groups in total. The summed E-state index contributed by atoms with van der Waals surface area (Å²) in [6.45, 7) is 0.685. The third-order valence-electron chi connectivity index (χ3n) is 1.64. The van der Waals surface area contributed by atoms with E-state index in [1.165, 1.54) is 0 Å². The van der Waals surface area contributed by atoms with Gasteiger partial charge < -0.3 is 22.3 Å². The topological polar surface area (TPSA) is 127 Å². The zero-order valence-corrected chi connectivity index (χ0v) is 7.57. The molecule has 0 aromatic rings. The van der Waals surface area contributed by atoms with Gasteiger partial charge >= 0.3 is 5.97 Å². The highest BCUT2D eigenvalue weighted by Crippen LogP contribution is 1.97. The first-order valence-electron chi connectivity index (χ1n) is 4.27. The molecule has 0 aromatic heterocycles. The molecule has 0 heterocycles. The Morgan fingerprint density at radius 2 is 1.92 bits per heavy atom. The number of nitrogens with two attached hydrogens (primary N) is 3. The number of aliphatic carboxylic acids is 1. The van der Waals surface area contributed by atoms with Gasteiger partial charge in [-0.25, -0.2) is 0 Å². The molecule has 1 atom stereocenters. The zero-order chi connectivity index (χ0) is 10.3. The molecular weight excluding hydrogens is 172 g/mol. The molecule has 0 saturated carbocycles. The van der Waals surface area contributed by atoms with E-state index >= 15 is 0 Å². The minimum absolute atomic E-state index is 0.483. The van der Waals surface area contributed by atoms with Gasteiger partial charge in [-0.1, -0.05) is 6.42 Å². The van der Waals surface area contributed by atoms with Gasteiger partial charge in [0.1, 0.15) is 12.3 Å². The Morgan fingerprint density at radius 3 is 2.38 bits per heavy atom. The molecule has 0 amide bonds. The summed E-state index contributed by atoms with van der Waals surface area (Å²) >= 11 is 0. The largest absolute Gasteiger partial charge is 0.480 e. The Balaban J connectivity index is 3.21. The summed E-state index contributed by atoms with van der Waals surface area (Å²) in [4.78, 5) is 10.3. The molecule has 0 radical (unpaired) electrons. The first kappa shape index (κ1) is 12.3. The normalized spacial score (nSPS) is 13.2. The Kier molecular flexibility index (Phi) is 6.43. The number of hydrogen-bond donors (Lipinski definition) is 5. The third-order valence-corrected chi connectivity index (χ3v) is 1.64. The lowest BCUT2D eigenvalue weighted by Gasteiger charge is -2.08. The zero-order valence-electron chi connectivity index (χ0n) is 7.57. The van der Waals surface area contributed by atoms with Crippen molar-refractivity contribution in [1.29, 1.82) is 0 Å². The molecule has 0 aliphatic heterocycles. The summed E-state index contributed by atoms with van der Waals surface area (Å²) in [7, 11) is 0. The van der Waals surface area contributed by atoms with Crippen molar-refractivity contribution in [2.24, 2.45) is 17.2 Å². The quantitative estimate of drug-likeness (QED) is 0.242. The van der Waals surface area contributed by atoms with Crippen molar-refractivity contribution in [3.8, 4) is 0 Å². The summed E-state index contributed by atoms with van der Waals surface area (Å²) in [5.74, 6) is -0.955. The average molecular weight is 190 g/mol. The molecule has 0 spiro atoms. The molecule has 0 saturated heterocycles. The second kappa shape index (κ2) is 6.79. The summed E-state index contributed by atoms with van der Waals surface area (Å²) in [5, 5.41) is 11.3. The van der Waals surface area contributed by atoms with Crippen LogP contribution in [0, 0.1) is 0 Å². The molecule has 6 nitrogen and oxygen atoms in total. The van der Waals surface area contributed by atoms with E-state index in [1.54, 1.807) is 0 Å². The number of nitrogens with one attached hydrogen (secondary N) is 1. The van der Waals surface area contributed by atoms with Crippen LogP contribution in [0.3, 0.4) is 0 Å². The second-order valence-electron chi connectivity index (χ2n) is 2.92. The van der Waals surface area contributed by atoms with Gasteiger partial charge in [-0.2, -0.15) is 0 Å².